The highest BCUT2D eigenvalue weighted by Gasteiger charge is 2.07. The summed E-state index contributed by atoms with van der Waals surface area (Å²) in [6.45, 7) is 0. The molecule has 0 amide bonds. The molecule has 19 heavy (non-hydrogen) atoms. The number of nitrogens with one attached hydrogen (secondary N) is 1. The van der Waals surface area contributed by atoms with Gasteiger partial charge in [-0.25, -0.2) is 9.78 Å². The Kier molecular flexibility index (Phi) is 2.72. The van der Waals surface area contributed by atoms with Gasteiger partial charge < -0.3 is 10.1 Å². The highest BCUT2D eigenvalue weighted by Crippen LogP contribution is 2.15. The van der Waals surface area contributed by atoms with Gasteiger partial charge in [-0.3, -0.25) is 4.98 Å². The second-order valence-electron chi connectivity index (χ2n) is 4.26. The molecule has 5 heteroatoms. The number of nitrogens with zero attached hydrogens (tertiary/aromatic N) is 2. The van der Waals surface area contributed by atoms with Gasteiger partial charge in [-0.15, -0.1) is 0 Å². The van der Waals surface area contributed by atoms with E-state index in [4.69, 9.17) is 5.11 Å². The van der Waals surface area contributed by atoms with Crippen molar-refractivity contribution in [2.24, 2.45) is 0 Å². The average molecular weight is 253 g/mol. The first kappa shape index (κ1) is 11.4. The summed E-state index contributed by atoms with van der Waals surface area (Å²) in [5.41, 5.74) is 2.81. The summed E-state index contributed by atoms with van der Waals surface area (Å²) in [4.78, 5) is 22.5. The quantitative estimate of drug-likeness (QED) is 0.750. The third kappa shape index (κ3) is 2.30. The summed E-state index contributed by atoms with van der Waals surface area (Å²) < 4.78 is 0. The van der Waals surface area contributed by atoms with Crippen LogP contribution in [0.15, 0.2) is 42.7 Å². The van der Waals surface area contributed by atoms with Crippen molar-refractivity contribution in [3.05, 3.63) is 59.7 Å². The Morgan fingerprint density at radius 3 is 2.95 bits per heavy atom. The van der Waals surface area contributed by atoms with Crippen LogP contribution in [0.1, 0.15) is 21.7 Å². The molecule has 0 fully saturated rings. The number of aromatic nitrogens is 3. The van der Waals surface area contributed by atoms with E-state index in [1.165, 1.54) is 0 Å². The van der Waals surface area contributed by atoms with Gasteiger partial charge in [0.05, 0.1) is 16.6 Å². The lowest BCUT2D eigenvalue weighted by Gasteiger charge is -1.95. The maximum Gasteiger partial charge on any atom is 0.335 e. The van der Waals surface area contributed by atoms with Gasteiger partial charge in [0.1, 0.15) is 5.82 Å². The third-order valence-electron chi connectivity index (χ3n) is 2.87. The van der Waals surface area contributed by atoms with Gasteiger partial charge in [-0.1, -0.05) is 6.07 Å². The fourth-order valence-corrected chi connectivity index (χ4v) is 1.98. The molecule has 0 aliphatic carbocycles. The fraction of sp³-hybridized carbons (Fsp3) is 0.0714. The molecule has 94 valence electrons. The van der Waals surface area contributed by atoms with Crippen molar-refractivity contribution in [2.45, 2.75) is 6.42 Å². The number of hydrogen-bond donors (Lipinski definition) is 2. The van der Waals surface area contributed by atoms with Gasteiger partial charge in [0.15, 0.2) is 0 Å². The summed E-state index contributed by atoms with van der Waals surface area (Å²) in [5, 5.41) is 8.94. The first-order chi connectivity index (χ1) is 9.22. The molecule has 0 saturated carbocycles. The lowest BCUT2D eigenvalue weighted by molar-refractivity contribution is 0.0697. The van der Waals surface area contributed by atoms with Gasteiger partial charge in [-0.05, 0) is 29.8 Å². The summed E-state index contributed by atoms with van der Waals surface area (Å²) in [6.07, 6.45) is 4.15. The van der Waals surface area contributed by atoms with E-state index in [9.17, 15) is 4.79 Å². The summed E-state index contributed by atoms with van der Waals surface area (Å²) in [7, 11) is 0. The molecule has 1 aromatic carbocycles. The van der Waals surface area contributed by atoms with Crippen LogP contribution in [0.4, 0.5) is 0 Å². The predicted octanol–water partition coefficient (Wildman–Crippen LogP) is 2.25. The Hall–Kier alpha value is -2.69. The normalized spacial score (nSPS) is 10.7. The third-order valence-corrected chi connectivity index (χ3v) is 2.87. The summed E-state index contributed by atoms with van der Waals surface area (Å²) in [6, 6.07) is 8.71. The predicted molar refractivity (Wildman–Crippen MR) is 70.1 cm³/mol. The highest BCUT2D eigenvalue weighted by molar-refractivity contribution is 5.92. The van der Waals surface area contributed by atoms with Crippen LogP contribution in [0.5, 0.6) is 0 Å². The number of H-pyrrole nitrogens is 1. The molecule has 0 unspecified atom stereocenters. The summed E-state index contributed by atoms with van der Waals surface area (Å²) in [5.74, 6) is -0.143. The van der Waals surface area contributed by atoms with Crippen LogP contribution < -0.4 is 0 Å². The smallest absolute Gasteiger partial charge is 0.335 e. The second kappa shape index (κ2) is 4.53. The molecule has 2 heterocycles. The number of imidazole rings is 1. The van der Waals surface area contributed by atoms with Crippen LogP contribution in [-0.4, -0.2) is 26.0 Å². The maximum absolute atomic E-state index is 10.9. The molecule has 0 saturated heterocycles. The Morgan fingerprint density at radius 2 is 2.21 bits per heavy atom. The van der Waals surface area contributed by atoms with E-state index in [1.807, 2.05) is 12.1 Å². The van der Waals surface area contributed by atoms with Crippen molar-refractivity contribution >= 4 is 17.0 Å². The zero-order valence-corrected chi connectivity index (χ0v) is 10.00. The lowest BCUT2D eigenvalue weighted by Crippen LogP contribution is -1.94. The minimum absolute atomic E-state index is 0.254. The molecule has 2 aromatic heterocycles. The maximum atomic E-state index is 10.9. The highest BCUT2D eigenvalue weighted by atomic mass is 16.4. The van der Waals surface area contributed by atoms with Gasteiger partial charge in [-0.2, -0.15) is 0 Å². The number of fused-ring (bicyclic) bond motifs is 1. The molecule has 0 radical (unpaired) electrons. The number of carbonyl (C=O) groups is 1. The molecule has 0 aliphatic heterocycles. The van der Waals surface area contributed by atoms with Gasteiger partial charge in [0.25, 0.3) is 0 Å². The number of aromatic amines is 1. The topological polar surface area (TPSA) is 78.9 Å². The average Bonchev–Trinajstić information content (AvgIpc) is 2.80. The number of hydrogen-bond acceptors (Lipinski definition) is 3. The van der Waals surface area contributed by atoms with E-state index in [1.54, 1.807) is 30.6 Å². The van der Waals surface area contributed by atoms with E-state index >= 15 is 0 Å². The van der Waals surface area contributed by atoms with Crippen LogP contribution in [0.25, 0.3) is 11.0 Å². The largest absolute Gasteiger partial charge is 0.478 e. The van der Waals surface area contributed by atoms with Crippen molar-refractivity contribution < 1.29 is 9.90 Å². The minimum Gasteiger partial charge on any atom is -0.478 e. The molecule has 5 nitrogen and oxygen atoms in total. The fourth-order valence-electron chi connectivity index (χ4n) is 1.98. The van der Waals surface area contributed by atoms with Crippen molar-refractivity contribution in [3.8, 4) is 0 Å². The molecule has 0 spiro atoms. The first-order valence-electron chi connectivity index (χ1n) is 5.83. The molecular formula is C14H11N3O2. The van der Waals surface area contributed by atoms with Crippen LogP contribution in [0, 0.1) is 0 Å². The zero-order valence-electron chi connectivity index (χ0n) is 10.00. The number of aromatic carboxylic acids is 1. The van der Waals surface area contributed by atoms with Crippen molar-refractivity contribution in [1.29, 1.82) is 0 Å². The number of pyridine rings is 1. The van der Waals surface area contributed by atoms with Crippen LogP contribution in [0.3, 0.4) is 0 Å². The van der Waals surface area contributed by atoms with Gasteiger partial charge in [0.2, 0.25) is 0 Å². The number of carboxylic acids is 1. The Morgan fingerprint density at radius 1 is 1.32 bits per heavy atom. The molecule has 3 rings (SSSR count). The number of benzene rings is 1. The van der Waals surface area contributed by atoms with Crippen LogP contribution in [0.2, 0.25) is 0 Å². The van der Waals surface area contributed by atoms with E-state index in [0.29, 0.717) is 6.42 Å². The number of rotatable bonds is 3. The van der Waals surface area contributed by atoms with E-state index < -0.39 is 5.97 Å². The second-order valence-corrected chi connectivity index (χ2v) is 4.26. The Bertz CT molecular complexity index is 735. The van der Waals surface area contributed by atoms with E-state index in [0.717, 1.165) is 22.4 Å². The molecule has 0 atom stereocenters. The Labute approximate surface area is 109 Å². The lowest BCUT2D eigenvalue weighted by atomic mass is 10.2. The van der Waals surface area contributed by atoms with Crippen LogP contribution in [-0.2, 0) is 6.42 Å². The molecular weight excluding hydrogens is 242 g/mol. The van der Waals surface area contributed by atoms with Gasteiger partial charge >= 0.3 is 5.97 Å². The molecule has 2 N–H and O–H groups in total. The van der Waals surface area contributed by atoms with Crippen molar-refractivity contribution in [3.63, 3.8) is 0 Å². The molecule has 0 bridgehead atoms. The minimum atomic E-state index is -0.940. The monoisotopic (exact) mass is 253 g/mol. The van der Waals surface area contributed by atoms with E-state index in [2.05, 4.69) is 15.0 Å². The van der Waals surface area contributed by atoms with Crippen molar-refractivity contribution in [1.82, 2.24) is 15.0 Å². The summed E-state index contributed by atoms with van der Waals surface area (Å²) >= 11 is 0. The van der Waals surface area contributed by atoms with Crippen molar-refractivity contribution in [2.75, 3.05) is 0 Å². The first-order valence-corrected chi connectivity index (χ1v) is 5.83. The number of carboxylic acid groups (broad SMARTS) is 1. The zero-order chi connectivity index (χ0) is 13.2. The Balaban J connectivity index is 1.95. The van der Waals surface area contributed by atoms with E-state index in [-0.39, 0.29) is 5.56 Å². The molecule has 0 aliphatic rings. The molecule has 3 aromatic rings. The van der Waals surface area contributed by atoms with Crippen LogP contribution >= 0.6 is 0 Å². The SMILES string of the molecule is O=C(O)c1ccc2nc(Cc3cccnc3)[nH]c2c1. The standard InChI is InChI=1S/C14H11N3O2/c18-14(19)10-3-4-11-12(7-10)17-13(16-11)6-9-2-1-5-15-8-9/h1-5,7-8H,6H2,(H,16,17)(H,18,19). The van der Waals surface area contributed by atoms with Gasteiger partial charge in [0, 0.05) is 18.8 Å².